The number of pyridine rings is 1. The second-order valence-electron chi connectivity index (χ2n) is 6.61. The average molecular weight is 410 g/mol. The zero-order valence-corrected chi connectivity index (χ0v) is 16.9. The number of aryl methyl sites for hydroxylation is 1. The number of rotatable bonds is 8. The first-order chi connectivity index (χ1) is 13.9. The molecular weight excluding hydrogens is 386 g/mol. The molecule has 0 saturated heterocycles. The summed E-state index contributed by atoms with van der Waals surface area (Å²) in [5.41, 5.74) is 3.40. The van der Waals surface area contributed by atoms with Crippen LogP contribution in [0.25, 0.3) is 11.1 Å². The van der Waals surface area contributed by atoms with E-state index in [0.29, 0.717) is 25.1 Å². The Bertz CT molecular complexity index is 1070. The number of benzene rings is 2. The summed E-state index contributed by atoms with van der Waals surface area (Å²) in [7, 11) is -3.57. The van der Waals surface area contributed by atoms with Crippen LogP contribution in [0, 0.1) is 0 Å². The molecule has 0 radical (unpaired) electrons. The van der Waals surface area contributed by atoms with Gasteiger partial charge in [-0.25, -0.2) is 13.1 Å². The van der Waals surface area contributed by atoms with Crippen LogP contribution in [0.1, 0.15) is 19.0 Å². The number of amides is 1. The monoisotopic (exact) mass is 409 g/mol. The van der Waals surface area contributed by atoms with E-state index >= 15 is 0 Å². The third-order valence-corrected chi connectivity index (χ3v) is 5.79. The molecule has 1 amide bonds. The molecule has 0 bridgehead atoms. The number of carbonyl (C=O) groups is 1. The van der Waals surface area contributed by atoms with Crippen molar-refractivity contribution in [1.82, 2.24) is 9.71 Å². The van der Waals surface area contributed by atoms with Crippen LogP contribution in [-0.2, 0) is 21.2 Å². The summed E-state index contributed by atoms with van der Waals surface area (Å²) in [5.74, 6) is -0.141. The van der Waals surface area contributed by atoms with Crippen LogP contribution in [0.3, 0.4) is 0 Å². The first-order valence-corrected chi connectivity index (χ1v) is 10.8. The fourth-order valence-corrected chi connectivity index (χ4v) is 3.99. The Morgan fingerprint density at radius 3 is 2.45 bits per heavy atom. The van der Waals surface area contributed by atoms with E-state index in [9.17, 15) is 13.2 Å². The van der Waals surface area contributed by atoms with E-state index in [1.807, 2.05) is 36.4 Å². The lowest BCUT2D eigenvalue weighted by Gasteiger charge is -2.09. The van der Waals surface area contributed by atoms with Crippen molar-refractivity contribution in [2.45, 2.75) is 24.7 Å². The number of nitrogens with zero attached hydrogens (tertiary/aromatic N) is 1. The Hall–Kier alpha value is -3.03. The molecule has 7 heteroatoms. The second kappa shape index (κ2) is 9.45. The van der Waals surface area contributed by atoms with E-state index in [1.54, 1.807) is 36.5 Å². The molecule has 2 N–H and O–H groups in total. The summed E-state index contributed by atoms with van der Waals surface area (Å²) in [5, 5.41) is 2.74. The zero-order valence-electron chi connectivity index (χ0n) is 16.1. The van der Waals surface area contributed by atoms with Gasteiger partial charge in [-0.15, -0.1) is 0 Å². The molecule has 0 aliphatic carbocycles. The van der Waals surface area contributed by atoms with Crippen molar-refractivity contribution in [3.63, 3.8) is 0 Å². The van der Waals surface area contributed by atoms with Gasteiger partial charge < -0.3 is 5.32 Å². The standard InChI is InChI=1S/C22H23N3O3S/c1-17(26)25-21-8-4-6-19(16-21)18-10-12-22(13-11-18)29(27,28)24-15-5-9-20-7-2-3-14-23-20/h2-4,6-8,10-14,16,24H,5,9,15H2,1H3,(H,25,26). The van der Waals surface area contributed by atoms with Crippen molar-refractivity contribution in [2.24, 2.45) is 0 Å². The molecule has 1 aromatic heterocycles. The number of nitrogens with one attached hydrogen (secondary N) is 2. The van der Waals surface area contributed by atoms with Crippen LogP contribution in [0.2, 0.25) is 0 Å². The summed E-state index contributed by atoms with van der Waals surface area (Å²) in [6, 6.07) is 19.8. The predicted octanol–water partition coefficient (Wildman–Crippen LogP) is 3.62. The molecular formula is C22H23N3O3S. The first-order valence-electron chi connectivity index (χ1n) is 9.32. The summed E-state index contributed by atoms with van der Waals surface area (Å²) in [6.07, 6.45) is 3.12. The highest BCUT2D eigenvalue weighted by Gasteiger charge is 2.13. The van der Waals surface area contributed by atoms with Gasteiger partial charge in [-0.05, 0) is 60.4 Å². The Morgan fingerprint density at radius 1 is 0.966 bits per heavy atom. The van der Waals surface area contributed by atoms with Gasteiger partial charge in [-0.2, -0.15) is 0 Å². The van der Waals surface area contributed by atoms with Crippen molar-refractivity contribution in [3.8, 4) is 11.1 Å². The van der Waals surface area contributed by atoms with Crippen molar-refractivity contribution in [2.75, 3.05) is 11.9 Å². The molecule has 0 unspecified atom stereocenters. The van der Waals surface area contributed by atoms with E-state index < -0.39 is 10.0 Å². The minimum absolute atomic E-state index is 0.141. The normalized spacial score (nSPS) is 11.2. The molecule has 150 valence electrons. The number of carbonyl (C=O) groups excluding carboxylic acids is 1. The predicted molar refractivity (Wildman–Crippen MR) is 114 cm³/mol. The van der Waals surface area contributed by atoms with Gasteiger partial charge in [0.1, 0.15) is 0 Å². The number of aromatic nitrogens is 1. The van der Waals surface area contributed by atoms with E-state index in [2.05, 4.69) is 15.0 Å². The minimum atomic E-state index is -3.57. The van der Waals surface area contributed by atoms with Crippen molar-refractivity contribution >= 4 is 21.6 Å². The third kappa shape index (κ3) is 5.97. The molecule has 0 aliphatic heterocycles. The molecule has 0 fully saturated rings. The summed E-state index contributed by atoms with van der Waals surface area (Å²) in [4.78, 5) is 15.7. The van der Waals surface area contributed by atoms with Crippen LogP contribution in [0.5, 0.6) is 0 Å². The summed E-state index contributed by atoms with van der Waals surface area (Å²) < 4.78 is 27.6. The van der Waals surface area contributed by atoms with E-state index in [4.69, 9.17) is 0 Å². The van der Waals surface area contributed by atoms with E-state index in [-0.39, 0.29) is 10.8 Å². The molecule has 2 aromatic carbocycles. The Labute approximate surface area is 171 Å². The highest BCUT2D eigenvalue weighted by molar-refractivity contribution is 7.89. The van der Waals surface area contributed by atoms with Gasteiger partial charge in [0, 0.05) is 31.0 Å². The third-order valence-electron chi connectivity index (χ3n) is 4.31. The SMILES string of the molecule is CC(=O)Nc1cccc(-c2ccc(S(=O)(=O)NCCCc3ccccn3)cc2)c1. The lowest BCUT2D eigenvalue weighted by Crippen LogP contribution is -2.25. The molecule has 1 heterocycles. The first kappa shape index (κ1) is 20.7. The van der Waals surface area contributed by atoms with Gasteiger partial charge >= 0.3 is 0 Å². The maximum absolute atomic E-state index is 12.5. The lowest BCUT2D eigenvalue weighted by atomic mass is 10.1. The molecule has 3 rings (SSSR count). The maximum Gasteiger partial charge on any atom is 0.240 e. The van der Waals surface area contributed by atoms with E-state index in [1.165, 1.54) is 6.92 Å². The Balaban J connectivity index is 1.62. The quantitative estimate of drug-likeness (QED) is 0.556. The molecule has 3 aromatic rings. The van der Waals surface area contributed by atoms with Crippen molar-refractivity contribution in [3.05, 3.63) is 78.6 Å². The lowest BCUT2D eigenvalue weighted by molar-refractivity contribution is -0.114. The van der Waals surface area contributed by atoms with Crippen molar-refractivity contribution < 1.29 is 13.2 Å². The maximum atomic E-state index is 12.5. The fraction of sp³-hybridized carbons (Fsp3) is 0.182. The topological polar surface area (TPSA) is 88.2 Å². The fourth-order valence-electron chi connectivity index (χ4n) is 2.91. The van der Waals surface area contributed by atoms with Gasteiger partial charge in [-0.1, -0.05) is 30.3 Å². The number of sulfonamides is 1. The molecule has 0 spiro atoms. The van der Waals surface area contributed by atoms with Crippen LogP contribution >= 0.6 is 0 Å². The second-order valence-corrected chi connectivity index (χ2v) is 8.38. The number of hydrogen-bond acceptors (Lipinski definition) is 4. The van der Waals surface area contributed by atoms with Gasteiger partial charge in [0.05, 0.1) is 4.90 Å². The highest BCUT2D eigenvalue weighted by Crippen LogP contribution is 2.24. The van der Waals surface area contributed by atoms with Gasteiger partial charge in [-0.3, -0.25) is 9.78 Å². The van der Waals surface area contributed by atoms with Crippen LogP contribution in [0.4, 0.5) is 5.69 Å². The molecule has 29 heavy (non-hydrogen) atoms. The van der Waals surface area contributed by atoms with Gasteiger partial charge in [0.25, 0.3) is 0 Å². The van der Waals surface area contributed by atoms with Gasteiger partial charge in [0.15, 0.2) is 0 Å². The van der Waals surface area contributed by atoms with E-state index in [0.717, 1.165) is 16.8 Å². The zero-order chi connectivity index (χ0) is 20.7. The molecule has 6 nitrogen and oxygen atoms in total. The number of hydrogen-bond donors (Lipinski definition) is 2. The van der Waals surface area contributed by atoms with Crippen LogP contribution in [0.15, 0.2) is 77.8 Å². The average Bonchev–Trinajstić information content (AvgIpc) is 2.72. The summed E-state index contributed by atoms with van der Waals surface area (Å²) in [6.45, 7) is 1.80. The largest absolute Gasteiger partial charge is 0.326 e. The minimum Gasteiger partial charge on any atom is -0.326 e. The molecule has 0 atom stereocenters. The van der Waals surface area contributed by atoms with Crippen LogP contribution in [-0.4, -0.2) is 25.9 Å². The molecule has 0 saturated carbocycles. The number of anilines is 1. The Morgan fingerprint density at radius 2 is 1.76 bits per heavy atom. The summed E-state index contributed by atoms with van der Waals surface area (Å²) >= 11 is 0. The van der Waals surface area contributed by atoms with Crippen molar-refractivity contribution in [1.29, 1.82) is 0 Å². The van der Waals surface area contributed by atoms with Gasteiger partial charge in [0.2, 0.25) is 15.9 Å². The Kier molecular flexibility index (Phi) is 6.74. The van der Waals surface area contributed by atoms with Crippen LogP contribution < -0.4 is 10.0 Å². The molecule has 0 aliphatic rings. The highest BCUT2D eigenvalue weighted by atomic mass is 32.2. The smallest absolute Gasteiger partial charge is 0.240 e.